The van der Waals surface area contributed by atoms with E-state index >= 15 is 0 Å². The Bertz CT molecular complexity index is 1000. The lowest BCUT2D eigenvalue weighted by Gasteiger charge is -2.36. The summed E-state index contributed by atoms with van der Waals surface area (Å²) >= 11 is 0. The van der Waals surface area contributed by atoms with Crippen LogP contribution < -0.4 is 10.2 Å². The first-order valence-corrected chi connectivity index (χ1v) is 9.24. The molecule has 1 amide bonds. The fraction of sp³-hybridized carbons (Fsp3) is 0.190. The number of rotatable bonds is 4. The Hall–Kier alpha value is -3.55. The predicted molar refractivity (Wildman–Crippen MR) is 106 cm³/mol. The van der Waals surface area contributed by atoms with Crippen LogP contribution in [0.4, 0.5) is 26.0 Å². The molecule has 6 nitrogen and oxygen atoms in total. The van der Waals surface area contributed by atoms with Crippen LogP contribution in [0.2, 0.25) is 0 Å². The van der Waals surface area contributed by atoms with Gasteiger partial charge >= 0.3 is 0 Å². The molecule has 4 rings (SSSR count). The van der Waals surface area contributed by atoms with Gasteiger partial charge in [0.2, 0.25) is 0 Å². The van der Waals surface area contributed by atoms with Crippen molar-refractivity contribution in [2.24, 2.45) is 0 Å². The predicted octanol–water partition coefficient (Wildman–Crippen LogP) is 3.46. The molecule has 1 aliphatic rings. The number of hydrogen-bond donors (Lipinski definition) is 1. The number of halogens is 2. The average molecular weight is 395 g/mol. The summed E-state index contributed by atoms with van der Waals surface area (Å²) in [5.41, 5.74) is 1.04. The van der Waals surface area contributed by atoms with Crippen LogP contribution in [0.15, 0.2) is 60.9 Å². The number of amides is 1. The molecule has 3 aromatic rings. The fourth-order valence-electron chi connectivity index (χ4n) is 3.22. The maximum atomic E-state index is 13.9. The van der Waals surface area contributed by atoms with Gasteiger partial charge in [-0.15, -0.1) is 0 Å². The maximum Gasteiger partial charge on any atom is 0.274 e. The molecule has 0 radical (unpaired) electrons. The summed E-state index contributed by atoms with van der Waals surface area (Å²) in [6.07, 6.45) is 2.77. The number of anilines is 3. The van der Waals surface area contributed by atoms with E-state index in [1.165, 1.54) is 24.5 Å². The summed E-state index contributed by atoms with van der Waals surface area (Å²) < 4.78 is 27.6. The molecular formula is C21H19F2N5O. The topological polar surface area (TPSA) is 61.4 Å². The van der Waals surface area contributed by atoms with Crippen LogP contribution in [0.25, 0.3) is 0 Å². The number of benzene rings is 2. The van der Waals surface area contributed by atoms with Gasteiger partial charge in [0.15, 0.2) is 0 Å². The molecular weight excluding hydrogens is 376 g/mol. The molecule has 0 aliphatic carbocycles. The molecule has 8 heteroatoms. The van der Waals surface area contributed by atoms with Crippen molar-refractivity contribution in [3.8, 4) is 0 Å². The second-order valence-electron chi connectivity index (χ2n) is 6.62. The van der Waals surface area contributed by atoms with Crippen molar-refractivity contribution >= 4 is 23.1 Å². The van der Waals surface area contributed by atoms with Crippen LogP contribution in [0.3, 0.4) is 0 Å². The van der Waals surface area contributed by atoms with Crippen molar-refractivity contribution < 1.29 is 13.6 Å². The summed E-state index contributed by atoms with van der Waals surface area (Å²) in [6.45, 7) is 1.99. The molecule has 0 spiro atoms. The molecule has 0 bridgehead atoms. The highest BCUT2D eigenvalue weighted by molar-refractivity contribution is 5.92. The monoisotopic (exact) mass is 395 g/mol. The van der Waals surface area contributed by atoms with Crippen molar-refractivity contribution in [1.29, 1.82) is 0 Å². The summed E-state index contributed by atoms with van der Waals surface area (Å²) in [5.74, 6) is -0.558. The smallest absolute Gasteiger partial charge is 0.274 e. The number of hydrogen-bond acceptors (Lipinski definition) is 5. The Labute approximate surface area is 166 Å². The van der Waals surface area contributed by atoms with Crippen LogP contribution in [-0.4, -0.2) is 47.0 Å². The summed E-state index contributed by atoms with van der Waals surface area (Å²) in [7, 11) is 0. The molecule has 148 valence electrons. The highest BCUT2D eigenvalue weighted by Crippen LogP contribution is 2.21. The van der Waals surface area contributed by atoms with Crippen molar-refractivity contribution in [3.63, 3.8) is 0 Å². The second-order valence-corrected chi connectivity index (χ2v) is 6.62. The van der Waals surface area contributed by atoms with E-state index < -0.39 is 5.82 Å². The number of piperazine rings is 1. The molecule has 0 unspecified atom stereocenters. The normalized spacial score (nSPS) is 14.0. The number of nitrogens with zero attached hydrogens (tertiary/aromatic N) is 4. The van der Waals surface area contributed by atoms with Crippen LogP contribution in [0, 0.1) is 11.6 Å². The Morgan fingerprint density at radius 3 is 2.21 bits per heavy atom. The fourth-order valence-corrected chi connectivity index (χ4v) is 3.22. The molecule has 29 heavy (non-hydrogen) atoms. The molecule has 2 aromatic carbocycles. The van der Waals surface area contributed by atoms with Crippen molar-refractivity contribution in [2.75, 3.05) is 36.4 Å². The minimum atomic E-state index is -0.401. The first-order valence-electron chi connectivity index (χ1n) is 9.24. The maximum absolute atomic E-state index is 13.9. The quantitative estimate of drug-likeness (QED) is 0.733. The van der Waals surface area contributed by atoms with E-state index in [9.17, 15) is 13.6 Å². The number of para-hydroxylation sites is 2. The summed E-state index contributed by atoms with van der Waals surface area (Å²) in [6, 6.07) is 12.8. The van der Waals surface area contributed by atoms with E-state index in [1.807, 2.05) is 4.90 Å². The van der Waals surface area contributed by atoms with E-state index in [0.717, 1.165) is 0 Å². The largest absolute Gasteiger partial charge is 0.366 e. The van der Waals surface area contributed by atoms with Gasteiger partial charge in [-0.3, -0.25) is 4.79 Å². The lowest BCUT2D eigenvalue weighted by molar-refractivity contribution is 0.0740. The minimum absolute atomic E-state index is 0.212. The van der Waals surface area contributed by atoms with Crippen molar-refractivity contribution in [2.45, 2.75) is 0 Å². The summed E-state index contributed by atoms with van der Waals surface area (Å²) in [4.78, 5) is 24.6. The standard InChI is InChI=1S/C21H19F2N5O/c22-15-5-1-3-7-17(15)26-20-14-24-18(13-25-20)21(29)28-11-9-27(10-12-28)19-8-4-2-6-16(19)23/h1-8,13-14H,9-12H2,(H,25,26). The number of carbonyl (C=O) groups is 1. The van der Waals surface area contributed by atoms with Gasteiger partial charge < -0.3 is 15.1 Å². The van der Waals surface area contributed by atoms with E-state index in [1.54, 1.807) is 41.3 Å². The van der Waals surface area contributed by atoms with Gasteiger partial charge in [-0.05, 0) is 24.3 Å². The Morgan fingerprint density at radius 2 is 1.55 bits per heavy atom. The highest BCUT2D eigenvalue weighted by Gasteiger charge is 2.24. The Kier molecular flexibility index (Phi) is 5.33. The third-order valence-corrected chi connectivity index (χ3v) is 4.77. The van der Waals surface area contributed by atoms with Crippen molar-refractivity contribution in [1.82, 2.24) is 14.9 Å². The van der Waals surface area contributed by atoms with E-state index in [-0.39, 0.29) is 23.1 Å². The first kappa shape index (κ1) is 18.8. The van der Waals surface area contributed by atoms with Gasteiger partial charge in [0.25, 0.3) is 5.91 Å². The van der Waals surface area contributed by atoms with Crippen LogP contribution in [-0.2, 0) is 0 Å². The lowest BCUT2D eigenvalue weighted by atomic mass is 10.2. The zero-order valence-corrected chi connectivity index (χ0v) is 15.6. The van der Waals surface area contributed by atoms with E-state index in [4.69, 9.17) is 0 Å². The minimum Gasteiger partial charge on any atom is -0.366 e. The van der Waals surface area contributed by atoms with Crippen molar-refractivity contribution in [3.05, 3.63) is 78.3 Å². The number of nitrogens with one attached hydrogen (secondary N) is 1. The SMILES string of the molecule is O=C(c1cnc(Nc2ccccc2F)cn1)N1CCN(c2ccccc2F)CC1. The molecule has 1 aromatic heterocycles. The first-order chi connectivity index (χ1) is 14.1. The molecule has 1 N–H and O–H groups in total. The highest BCUT2D eigenvalue weighted by atomic mass is 19.1. The Morgan fingerprint density at radius 1 is 0.862 bits per heavy atom. The van der Waals surface area contributed by atoms with E-state index in [0.29, 0.717) is 37.7 Å². The zero-order valence-electron chi connectivity index (χ0n) is 15.6. The van der Waals surface area contributed by atoms with Crippen LogP contribution >= 0.6 is 0 Å². The molecule has 1 aliphatic heterocycles. The lowest BCUT2D eigenvalue weighted by Crippen LogP contribution is -2.49. The molecule has 1 saturated heterocycles. The van der Waals surface area contributed by atoms with Crippen LogP contribution in [0.1, 0.15) is 10.5 Å². The van der Waals surface area contributed by atoms with Crippen LogP contribution in [0.5, 0.6) is 0 Å². The van der Waals surface area contributed by atoms with Gasteiger partial charge in [0.05, 0.1) is 23.8 Å². The number of carbonyl (C=O) groups excluding carboxylic acids is 1. The van der Waals surface area contributed by atoms with E-state index in [2.05, 4.69) is 15.3 Å². The molecule has 2 heterocycles. The van der Waals surface area contributed by atoms with Gasteiger partial charge in [-0.2, -0.15) is 0 Å². The zero-order chi connectivity index (χ0) is 20.2. The second kappa shape index (κ2) is 8.22. The summed E-state index contributed by atoms with van der Waals surface area (Å²) in [5, 5.41) is 2.83. The van der Waals surface area contributed by atoms with Gasteiger partial charge in [0, 0.05) is 26.2 Å². The average Bonchev–Trinajstić information content (AvgIpc) is 2.76. The van der Waals surface area contributed by atoms with Gasteiger partial charge in [-0.1, -0.05) is 24.3 Å². The molecule has 0 saturated carbocycles. The molecule has 0 atom stereocenters. The third-order valence-electron chi connectivity index (χ3n) is 4.77. The third kappa shape index (κ3) is 4.16. The Balaban J connectivity index is 1.38. The van der Waals surface area contributed by atoms with Gasteiger partial charge in [-0.25, -0.2) is 18.7 Å². The van der Waals surface area contributed by atoms with Gasteiger partial charge in [0.1, 0.15) is 23.1 Å². The molecule has 1 fully saturated rings. The number of aromatic nitrogens is 2.